The maximum Gasteiger partial charge on any atom is 0.123 e. The Balaban J connectivity index is 2.12. The highest BCUT2D eigenvalue weighted by molar-refractivity contribution is 6.30. The average Bonchev–Trinajstić information content (AvgIpc) is 2.14. The predicted molar refractivity (Wildman–Crippen MR) is 62.5 cm³/mol. The Morgan fingerprint density at radius 1 is 1.40 bits per heavy atom. The molecule has 0 bridgehead atoms. The summed E-state index contributed by atoms with van der Waals surface area (Å²) in [6.45, 7) is 0.626. The molecular weight excluding hydrogens is 210 g/mol. The first kappa shape index (κ1) is 10.8. The average molecular weight is 226 g/mol. The Morgan fingerprint density at radius 3 is 2.80 bits per heavy atom. The molecule has 0 aliphatic heterocycles. The fourth-order valence-electron chi connectivity index (χ4n) is 1.68. The summed E-state index contributed by atoms with van der Waals surface area (Å²) in [5.74, 6) is 0.953. The third-order valence-electron chi connectivity index (χ3n) is 2.78. The first-order valence-electron chi connectivity index (χ1n) is 5.45. The van der Waals surface area contributed by atoms with Gasteiger partial charge in [-0.15, -0.1) is 0 Å². The molecule has 1 aliphatic carbocycles. The van der Waals surface area contributed by atoms with Gasteiger partial charge in [-0.2, -0.15) is 0 Å². The molecule has 2 rings (SSSR count). The first-order valence-corrected chi connectivity index (χ1v) is 5.82. The zero-order valence-electron chi connectivity index (χ0n) is 8.71. The lowest BCUT2D eigenvalue weighted by atomic mass is 9.96. The van der Waals surface area contributed by atoms with Crippen LogP contribution in [0, 0.1) is 0 Å². The standard InChI is InChI=1S/C12H16ClNO/c13-10-4-5-12(9(8-10)6-7-14)15-11-2-1-3-11/h4-5,8,11H,1-3,6-7,14H2. The lowest BCUT2D eigenvalue weighted by molar-refractivity contribution is 0.119. The predicted octanol–water partition coefficient (Wildman–Crippen LogP) is 2.77. The molecule has 1 fully saturated rings. The summed E-state index contributed by atoms with van der Waals surface area (Å²) >= 11 is 5.94. The number of rotatable bonds is 4. The fourth-order valence-corrected chi connectivity index (χ4v) is 1.88. The molecule has 0 unspecified atom stereocenters. The lowest BCUT2D eigenvalue weighted by Gasteiger charge is -2.27. The molecule has 0 amide bonds. The molecular formula is C12H16ClNO. The van der Waals surface area contributed by atoms with Crippen molar-refractivity contribution < 1.29 is 4.74 Å². The largest absolute Gasteiger partial charge is 0.490 e. The van der Waals surface area contributed by atoms with Crippen LogP contribution in [-0.4, -0.2) is 12.6 Å². The van der Waals surface area contributed by atoms with Crippen LogP contribution in [0.2, 0.25) is 5.02 Å². The van der Waals surface area contributed by atoms with Gasteiger partial charge in [-0.05, 0) is 56.0 Å². The van der Waals surface area contributed by atoms with Crippen LogP contribution in [0.3, 0.4) is 0 Å². The van der Waals surface area contributed by atoms with Crippen molar-refractivity contribution in [1.29, 1.82) is 0 Å². The van der Waals surface area contributed by atoms with E-state index in [1.807, 2.05) is 18.2 Å². The number of nitrogens with two attached hydrogens (primary N) is 1. The molecule has 0 heterocycles. The highest BCUT2D eigenvalue weighted by atomic mass is 35.5. The smallest absolute Gasteiger partial charge is 0.123 e. The van der Waals surface area contributed by atoms with Gasteiger partial charge in [0, 0.05) is 5.02 Å². The summed E-state index contributed by atoms with van der Waals surface area (Å²) in [6.07, 6.45) is 4.85. The van der Waals surface area contributed by atoms with Crippen molar-refractivity contribution in [3.05, 3.63) is 28.8 Å². The summed E-state index contributed by atoms with van der Waals surface area (Å²) in [6, 6.07) is 5.77. The zero-order valence-corrected chi connectivity index (χ0v) is 9.46. The number of ether oxygens (including phenoxy) is 1. The van der Waals surface area contributed by atoms with E-state index in [9.17, 15) is 0 Å². The van der Waals surface area contributed by atoms with E-state index in [1.54, 1.807) is 0 Å². The van der Waals surface area contributed by atoms with E-state index < -0.39 is 0 Å². The number of hydrogen-bond acceptors (Lipinski definition) is 2. The second kappa shape index (κ2) is 4.86. The van der Waals surface area contributed by atoms with E-state index in [0.29, 0.717) is 12.6 Å². The van der Waals surface area contributed by atoms with Crippen LogP contribution in [0.1, 0.15) is 24.8 Å². The molecule has 15 heavy (non-hydrogen) atoms. The van der Waals surface area contributed by atoms with E-state index in [0.717, 1.165) is 22.8 Å². The van der Waals surface area contributed by atoms with Crippen LogP contribution >= 0.6 is 11.6 Å². The van der Waals surface area contributed by atoms with Crippen molar-refractivity contribution in [3.63, 3.8) is 0 Å². The third-order valence-corrected chi connectivity index (χ3v) is 3.02. The van der Waals surface area contributed by atoms with Crippen molar-refractivity contribution in [3.8, 4) is 5.75 Å². The van der Waals surface area contributed by atoms with Crippen molar-refractivity contribution in [1.82, 2.24) is 0 Å². The minimum atomic E-state index is 0.405. The highest BCUT2D eigenvalue weighted by Gasteiger charge is 2.20. The van der Waals surface area contributed by atoms with Crippen LogP contribution in [0.15, 0.2) is 18.2 Å². The van der Waals surface area contributed by atoms with Gasteiger partial charge < -0.3 is 10.5 Å². The van der Waals surface area contributed by atoms with Crippen LogP contribution in [-0.2, 0) is 6.42 Å². The minimum Gasteiger partial charge on any atom is -0.490 e. The van der Waals surface area contributed by atoms with Gasteiger partial charge >= 0.3 is 0 Å². The van der Waals surface area contributed by atoms with Gasteiger partial charge in [-0.3, -0.25) is 0 Å². The quantitative estimate of drug-likeness (QED) is 0.855. The molecule has 0 saturated heterocycles. The summed E-state index contributed by atoms with van der Waals surface area (Å²) in [4.78, 5) is 0. The molecule has 82 valence electrons. The molecule has 1 aromatic rings. The SMILES string of the molecule is NCCc1cc(Cl)ccc1OC1CCC1. The van der Waals surface area contributed by atoms with Crippen LogP contribution < -0.4 is 10.5 Å². The van der Waals surface area contributed by atoms with Gasteiger partial charge in [0.1, 0.15) is 5.75 Å². The van der Waals surface area contributed by atoms with Gasteiger partial charge in [-0.25, -0.2) is 0 Å². The maximum atomic E-state index is 5.94. The van der Waals surface area contributed by atoms with Crippen molar-refractivity contribution >= 4 is 11.6 Å². The second-order valence-corrected chi connectivity index (χ2v) is 4.40. The molecule has 0 atom stereocenters. The first-order chi connectivity index (χ1) is 7.29. The Kier molecular flexibility index (Phi) is 3.49. The Bertz CT molecular complexity index is 336. The number of hydrogen-bond donors (Lipinski definition) is 1. The van der Waals surface area contributed by atoms with Gasteiger partial charge in [0.05, 0.1) is 6.10 Å². The van der Waals surface area contributed by atoms with Crippen molar-refractivity contribution in [2.75, 3.05) is 6.54 Å². The fraction of sp³-hybridized carbons (Fsp3) is 0.500. The summed E-state index contributed by atoms with van der Waals surface area (Å²) < 4.78 is 5.87. The Labute approximate surface area is 95.4 Å². The molecule has 1 aliphatic rings. The highest BCUT2D eigenvalue weighted by Crippen LogP contribution is 2.29. The monoisotopic (exact) mass is 225 g/mol. The molecule has 2 nitrogen and oxygen atoms in total. The van der Waals surface area contributed by atoms with Gasteiger partial charge in [0.25, 0.3) is 0 Å². The molecule has 1 aromatic carbocycles. The molecule has 0 aromatic heterocycles. The zero-order chi connectivity index (χ0) is 10.7. The summed E-state index contributed by atoms with van der Waals surface area (Å²) in [5.41, 5.74) is 6.68. The van der Waals surface area contributed by atoms with Gasteiger partial charge in [0.15, 0.2) is 0 Å². The molecule has 0 radical (unpaired) electrons. The minimum absolute atomic E-state index is 0.405. The van der Waals surface area contributed by atoms with Crippen LogP contribution in [0.25, 0.3) is 0 Å². The Morgan fingerprint density at radius 2 is 2.20 bits per heavy atom. The van der Waals surface area contributed by atoms with E-state index in [-0.39, 0.29) is 0 Å². The maximum absolute atomic E-state index is 5.94. The lowest BCUT2D eigenvalue weighted by Crippen LogP contribution is -2.25. The Hall–Kier alpha value is -0.730. The second-order valence-electron chi connectivity index (χ2n) is 3.96. The van der Waals surface area contributed by atoms with Crippen molar-refractivity contribution in [2.24, 2.45) is 5.73 Å². The van der Waals surface area contributed by atoms with E-state index in [2.05, 4.69) is 0 Å². The van der Waals surface area contributed by atoms with E-state index in [4.69, 9.17) is 22.1 Å². The van der Waals surface area contributed by atoms with Crippen LogP contribution in [0.5, 0.6) is 5.75 Å². The topological polar surface area (TPSA) is 35.2 Å². The molecule has 3 heteroatoms. The van der Waals surface area contributed by atoms with E-state index in [1.165, 1.54) is 19.3 Å². The molecule has 0 spiro atoms. The summed E-state index contributed by atoms with van der Waals surface area (Å²) in [7, 11) is 0. The number of halogens is 1. The molecule has 1 saturated carbocycles. The van der Waals surface area contributed by atoms with E-state index >= 15 is 0 Å². The third kappa shape index (κ3) is 2.64. The van der Waals surface area contributed by atoms with Crippen molar-refractivity contribution in [2.45, 2.75) is 31.8 Å². The molecule has 2 N–H and O–H groups in total. The number of benzene rings is 1. The van der Waals surface area contributed by atoms with Gasteiger partial charge in [0.2, 0.25) is 0 Å². The normalized spacial score (nSPS) is 16.1. The summed E-state index contributed by atoms with van der Waals surface area (Å²) in [5, 5.41) is 0.749. The van der Waals surface area contributed by atoms with Crippen LogP contribution in [0.4, 0.5) is 0 Å². The van der Waals surface area contributed by atoms with Gasteiger partial charge in [-0.1, -0.05) is 11.6 Å².